The van der Waals surface area contributed by atoms with E-state index in [1.54, 1.807) is 34.7 Å². The van der Waals surface area contributed by atoms with E-state index in [1.165, 1.54) is 6.33 Å². The van der Waals surface area contributed by atoms with Crippen LogP contribution in [-0.4, -0.2) is 42.7 Å². The van der Waals surface area contributed by atoms with Crippen LogP contribution in [0.1, 0.15) is 24.2 Å². The van der Waals surface area contributed by atoms with Gasteiger partial charge in [0, 0.05) is 50.3 Å². The molecule has 0 amide bonds. The predicted octanol–water partition coefficient (Wildman–Crippen LogP) is 2.86. The van der Waals surface area contributed by atoms with Crippen molar-refractivity contribution in [2.75, 3.05) is 18.0 Å². The van der Waals surface area contributed by atoms with Gasteiger partial charge in [0.15, 0.2) is 11.5 Å². The molecule has 150 valence electrons. The molecule has 0 atom stereocenters. The maximum absolute atomic E-state index is 15.6. The van der Waals surface area contributed by atoms with Crippen LogP contribution in [0.4, 0.5) is 10.1 Å². The van der Waals surface area contributed by atoms with Gasteiger partial charge in [0.1, 0.15) is 12.4 Å². The van der Waals surface area contributed by atoms with Gasteiger partial charge in [0.05, 0.1) is 23.0 Å². The lowest BCUT2D eigenvalue weighted by Crippen LogP contribution is -2.42. The number of halogens is 1. The summed E-state index contributed by atoms with van der Waals surface area (Å²) < 4.78 is 18.8. The smallest absolute Gasteiger partial charge is 0.173 e. The highest BCUT2D eigenvalue weighted by Gasteiger charge is 2.40. The van der Waals surface area contributed by atoms with E-state index in [0.717, 1.165) is 22.3 Å². The van der Waals surface area contributed by atoms with Gasteiger partial charge in [-0.3, -0.25) is 0 Å². The molecule has 0 N–H and O–H groups in total. The second-order valence-corrected chi connectivity index (χ2v) is 7.49. The maximum atomic E-state index is 15.6. The van der Waals surface area contributed by atoms with Gasteiger partial charge >= 0.3 is 0 Å². The number of nitriles is 1. The third-order valence-corrected chi connectivity index (χ3v) is 5.73. The van der Waals surface area contributed by atoms with E-state index >= 15 is 4.39 Å². The number of aromatic nitrogens is 6. The highest BCUT2D eigenvalue weighted by Crippen LogP contribution is 2.41. The average molecular weight is 402 g/mol. The standard InChI is InChI=1S/C21H19FN8/c1-28-14-24-27-20(28)21(22)7-10-29(11-8-21)19-15(12-23)4-2-5-16(19)17-13-26-30-18(17)6-3-9-25-30/h2-6,9,13-14H,7-8,10-11H2,1H3. The van der Waals surface area contributed by atoms with Gasteiger partial charge < -0.3 is 9.47 Å². The molecule has 3 aromatic heterocycles. The van der Waals surface area contributed by atoms with Gasteiger partial charge in [-0.1, -0.05) is 12.1 Å². The molecule has 0 unspecified atom stereocenters. The lowest BCUT2D eigenvalue weighted by molar-refractivity contribution is 0.109. The minimum Gasteiger partial charge on any atom is -0.370 e. The topological polar surface area (TPSA) is 87.9 Å². The van der Waals surface area contributed by atoms with E-state index in [9.17, 15) is 5.26 Å². The molecule has 1 fully saturated rings. The summed E-state index contributed by atoms with van der Waals surface area (Å²) in [5, 5.41) is 26.1. The Morgan fingerprint density at radius 2 is 1.93 bits per heavy atom. The van der Waals surface area contributed by atoms with Crippen LogP contribution in [0.15, 0.2) is 49.1 Å². The molecule has 0 spiro atoms. The van der Waals surface area contributed by atoms with Gasteiger partial charge in [-0.05, 0) is 18.2 Å². The van der Waals surface area contributed by atoms with Gasteiger partial charge in [-0.2, -0.15) is 20.1 Å². The average Bonchev–Trinajstić information content (AvgIpc) is 3.40. The lowest BCUT2D eigenvalue weighted by atomic mass is 9.90. The molecule has 0 radical (unpaired) electrons. The molecule has 5 rings (SSSR count). The van der Waals surface area contributed by atoms with Gasteiger partial charge in [0.2, 0.25) is 0 Å². The number of hydrogen-bond donors (Lipinski definition) is 0. The molecular weight excluding hydrogens is 383 g/mol. The van der Waals surface area contributed by atoms with Crippen molar-refractivity contribution in [3.63, 3.8) is 0 Å². The fraction of sp³-hybridized carbons (Fsp3) is 0.286. The number of benzene rings is 1. The van der Waals surface area contributed by atoms with Crippen LogP contribution in [0.2, 0.25) is 0 Å². The SMILES string of the molecule is Cn1cnnc1C1(F)CCN(c2c(C#N)cccc2-c2cnn3ncccc23)CC1. The van der Waals surface area contributed by atoms with Gasteiger partial charge in [-0.15, -0.1) is 10.2 Å². The van der Waals surface area contributed by atoms with Crippen molar-refractivity contribution >= 4 is 11.2 Å². The Morgan fingerprint density at radius 1 is 1.10 bits per heavy atom. The molecule has 9 heteroatoms. The number of fused-ring (bicyclic) bond motifs is 1. The number of alkyl halides is 1. The predicted molar refractivity (Wildman–Crippen MR) is 108 cm³/mol. The Morgan fingerprint density at radius 3 is 2.67 bits per heavy atom. The van der Waals surface area contributed by atoms with Crippen molar-refractivity contribution in [2.24, 2.45) is 7.05 Å². The van der Waals surface area contributed by atoms with Crippen LogP contribution in [0, 0.1) is 11.3 Å². The lowest BCUT2D eigenvalue weighted by Gasteiger charge is -2.38. The van der Waals surface area contributed by atoms with E-state index in [-0.39, 0.29) is 12.8 Å². The molecule has 1 aliphatic heterocycles. The van der Waals surface area contributed by atoms with Crippen LogP contribution >= 0.6 is 0 Å². The molecule has 4 aromatic rings. The van der Waals surface area contributed by atoms with Crippen molar-refractivity contribution in [2.45, 2.75) is 18.5 Å². The van der Waals surface area contributed by atoms with E-state index in [0.29, 0.717) is 24.5 Å². The Bertz CT molecular complexity index is 1260. The summed E-state index contributed by atoms with van der Waals surface area (Å²) in [6, 6.07) is 11.7. The first-order chi connectivity index (χ1) is 14.6. The van der Waals surface area contributed by atoms with Crippen molar-refractivity contribution in [3.05, 3.63) is 60.4 Å². The van der Waals surface area contributed by atoms with Crippen LogP contribution in [-0.2, 0) is 12.7 Å². The second-order valence-electron chi connectivity index (χ2n) is 7.49. The highest BCUT2D eigenvalue weighted by atomic mass is 19.1. The third kappa shape index (κ3) is 2.80. The molecule has 0 bridgehead atoms. The van der Waals surface area contributed by atoms with E-state index in [4.69, 9.17) is 0 Å². The number of piperidine rings is 1. The van der Waals surface area contributed by atoms with Crippen LogP contribution in [0.3, 0.4) is 0 Å². The number of nitrogens with zero attached hydrogens (tertiary/aromatic N) is 8. The normalized spacial score (nSPS) is 16.0. The molecular formula is C21H19FN8. The number of para-hydroxylation sites is 1. The van der Waals surface area contributed by atoms with Crippen molar-refractivity contribution in [1.82, 2.24) is 29.6 Å². The first kappa shape index (κ1) is 18.2. The summed E-state index contributed by atoms with van der Waals surface area (Å²) in [4.78, 5) is 2.09. The molecule has 8 nitrogen and oxygen atoms in total. The summed E-state index contributed by atoms with van der Waals surface area (Å²) in [5.41, 5.74) is 2.46. The largest absolute Gasteiger partial charge is 0.370 e. The number of anilines is 1. The number of aryl methyl sites for hydroxylation is 1. The third-order valence-electron chi connectivity index (χ3n) is 5.73. The molecule has 1 aliphatic rings. The van der Waals surface area contributed by atoms with E-state index in [1.807, 2.05) is 24.3 Å². The zero-order valence-electron chi connectivity index (χ0n) is 16.4. The monoisotopic (exact) mass is 402 g/mol. The second kappa shape index (κ2) is 6.91. The highest BCUT2D eigenvalue weighted by molar-refractivity contribution is 5.90. The van der Waals surface area contributed by atoms with Crippen molar-refractivity contribution in [1.29, 1.82) is 5.26 Å². The minimum atomic E-state index is -1.53. The Kier molecular flexibility index (Phi) is 4.20. The summed E-state index contributed by atoms with van der Waals surface area (Å²) in [6.07, 6.45) is 5.50. The van der Waals surface area contributed by atoms with Crippen LogP contribution in [0.25, 0.3) is 16.6 Å². The molecule has 30 heavy (non-hydrogen) atoms. The first-order valence-corrected chi connectivity index (χ1v) is 9.71. The molecule has 0 aliphatic carbocycles. The zero-order valence-corrected chi connectivity index (χ0v) is 16.4. The summed E-state index contributed by atoms with van der Waals surface area (Å²) >= 11 is 0. The maximum Gasteiger partial charge on any atom is 0.173 e. The van der Waals surface area contributed by atoms with Crippen LogP contribution < -0.4 is 4.90 Å². The molecule has 0 saturated carbocycles. The van der Waals surface area contributed by atoms with Gasteiger partial charge in [0.25, 0.3) is 0 Å². The number of rotatable bonds is 3. The van der Waals surface area contributed by atoms with Crippen molar-refractivity contribution < 1.29 is 4.39 Å². The summed E-state index contributed by atoms with van der Waals surface area (Å²) in [5.74, 6) is 0.352. The van der Waals surface area contributed by atoms with Gasteiger partial charge in [-0.25, -0.2) is 4.39 Å². The van der Waals surface area contributed by atoms with E-state index < -0.39 is 5.67 Å². The fourth-order valence-corrected chi connectivity index (χ4v) is 4.23. The quantitative estimate of drug-likeness (QED) is 0.524. The minimum absolute atomic E-state index is 0.273. The Balaban J connectivity index is 1.54. The van der Waals surface area contributed by atoms with E-state index in [2.05, 4.69) is 31.4 Å². The molecule has 4 heterocycles. The summed E-state index contributed by atoms with van der Waals surface area (Å²) in [6.45, 7) is 0.930. The molecule has 1 aromatic carbocycles. The Hall–Kier alpha value is -3.80. The Labute approximate surface area is 172 Å². The fourth-order valence-electron chi connectivity index (χ4n) is 4.23. The summed E-state index contributed by atoms with van der Waals surface area (Å²) in [7, 11) is 1.76. The zero-order chi connectivity index (χ0) is 20.7. The first-order valence-electron chi connectivity index (χ1n) is 9.71. The number of hydrogen-bond acceptors (Lipinski definition) is 6. The molecule has 1 saturated heterocycles. The van der Waals surface area contributed by atoms with Crippen molar-refractivity contribution in [3.8, 4) is 17.2 Å². The van der Waals surface area contributed by atoms with Crippen LogP contribution in [0.5, 0.6) is 0 Å².